The Morgan fingerprint density at radius 1 is 1.06 bits per heavy atom. The maximum absolute atomic E-state index is 12.6. The third-order valence-corrected chi connectivity index (χ3v) is 5.72. The number of hydrogen-bond donors (Lipinski definition) is 0. The second kappa shape index (κ2) is 10.4. The summed E-state index contributed by atoms with van der Waals surface area (Å²) in [6.45, 7) is 4.71. The summed E-state index contributed by atoms with van der Waals surface area (Å²) in [5.74, 6) is 0.978. The van der Waals surface area contributed by atoms with Crippen LogP contribution in [0.2, 0.25) is 0 Å². The summed E-state index contributed by atoms with van der Waals surface area (Å²) < 4.78 is 11.0. The lowest BCUT2D eigenvalue weighted by atomic mass is 10.2. The first kappa shape index (κ1) is 22.8. The van der Waals surface area contributed by atoms with Gasteiger partial charge in [-0.3, -0.25) is 9.69 Å². The largest absolute Gasteiger partial charge is 0.497 e. The van der Waals surface area contributed by atoms with Crippen molar-refractivity contribution in [2.75, 3.05) is 13.7 Å². The van der Waals surface area contributed by atoms with Crippen LogP contribution >= 0.6 is 24.0 Å². The second-order valence-electron chi connectivity index (χ2n) is 7.28. The monoisotopic (exact) mass is 453 g/mol. The summed E-state index contributed by atoms with van der Waals surface area (Å²) in [7, 11) is 1.60. The summed E-state index contributed by atoms with van der Waals surface area (Å²) in [6.07, 6.45) is 4.85. The van der Waals surface area contributed by atoms with Gasteiger partial charge in [-0.2, -0.15) is 0 Å². The molecule has 0 aromatic heterocycles. The van der Waals surface area contributed by atoms with Gasteiger partial charge in [-0.1, -0.05) is 62.1 Å². The van der Waals surface area contributed by atoms with Crippen molar-refractivity contribution >= 4 is 52.3 Å². The molecule has 1 fully saturated rings. The van der Waals surface area contributed by atoms with Gasteiger partial charge < -0.3 is 9.47 Å². The number of carbonyl (C=O) groups is 2. The van der Waals surface area contributed by atoms with E-state index in [1.54, 1.807) is 48.4 Å². The van der Waals surface area contributed by atoms with Crippen LogP contribution in [0.4, 0.5) is 0 Å². The van der Waals surface area contributed by atoms with Gasteiger partial charge in [-0.25, -0.2) is 4.79 Å². The van der Waals surface area contributed by atoms with E-state index in [1.165, 1.54) is 17.8 Å². The minimum absolute atomic E-state index is 0.0668. The lowest BCUT2D eigenvalue weighted by molar-refractivity contribution is -0.129. The molecule has 1 aliphatic rings. The summed E-state index contributed by atoms with van der Waals surface area (Å²) in [5.41, 5.74) is 1.70. The first-order chi connectivity index (χ1) is 14.9. The van der Waals surface area contributed by atoms with Crippen LogP contribution in [0.3, 0.4) is 0 Å². The van der Waals surface area contributed by atoms with Crippen molar-refractivity contribution in [3.05, 3.63) is 70.6 Å². The van der Waals surface area contributed by atoms with E-state index < -0.39 is 5.97 Å². The molecule has 0 N–H and O–H groups in total. The number of benzene rings is 2. The Kier molecular flexibility index (Phi) is 7.65. The third-order valence-electron chi connectivity index (χ3n) is 4.35. The highest BCUT2D eigenvalue weighted by molar-refractivity contribution is 8.26. The van der Waals surface area contributed by atoms with Crippen LogP contribution in [-0.4, -0.2) is 34.8 Å². The van der Waals surface area contributed by atoms with Crippen LogP contribution in [0.15, 0.2) is 59.5 Å². The fourth-order valence-corrected chi connectivity index (χ4v) is 4.11. The quantitative estimate of drug-likeness (QED) is 0.249. The van der Waals surface area contributed by atoms with Gasteiger partial charge in [0.2, 0.25) is 0 Å². The SMILES string of the molecule is COc1ccc(C=CC(=O)Oc2ccc(C=C3SC(=S)N(CC(C)C)C3=O)cc2)cc1. The van der Waals surface area contributed by atoms with Crippen molar-refractivity contribution in [2.45, 2.75) is 13.8 Å². The van der Waals surface area contributed by atoms with Crippen molar-refractivity contribution in [2.24, 2.45) is 5.92 Å². The Hall–Kier alpha value is -2.90. The second-order valence-corrected chi connectivity index (χ2v) is 8.96. The Morgan fingerprint density at radius 3 is 2.29 bits per heavy atom. The average molecular weight is 454 g/mol. The molecule has 0 aliphatic carbocycles. The van der Waals surface area contributed by atoms with Crippen LogP contribution in [0.25, 0.3) is 12.2 Å². The number of rotatable bonds is 7. The number of esters is 1. The first-order valence-electron chi connectivity index (χ1n) is 9.75. The molecule has 0 spiro atoms. The fraction of sp³-hybridized carbons (Fsp3) is 0.208. The van der Waals surface area contributed by atoms with E-state index in [2.05, 4.69) is 13.8 Å². The number of amides is 1. The molecular formula is C24H23NO4S2. The minimum Gasteiger partial charge on any atom is -0.497 e. The van der Waals surface area contributed by atoms with Crippen molar-refractivity contribution in [1.29, 1.82) is 0 Å². The van der Waals surface area contributed by atoms with Gasteiger partial charge in [0, 0.05) is 12.6 Å². The van der Waals surface area contributed by atoms with Gasteiger partial charge in [-0.05, 0) is 53.5 Å². The standard InChI is InChI=1S/C24H23NO4S2/c1-16(2)15-25-23(27)21(31-24(25)30)14-18-6-11-20(12-7-18)29-22(26)13-8-17-4-9-19(28-3)10-5-17/h4-14,16H,15H2,1-3H3. The van der Waals surface area contributed by atoms with Gasteiger partial charge >= 0.3 is 5.97 Å². The van der Waals surface area contributed by atoms with E-state index >= 15 is 0 Å². The summed E-state index contributed by atoms with van der Waals surface area (Å²) in [4.78, 5) is 26.9. The van der Waals surface area contributed by atoms with Crippen LogP contribution < -0.4 is 9.47 Å². The third kappa shape index (κ3) is 6.29. The predicted molar refractivity (Wildman–Crippen MR) is 129 cm³/mol. The zero-order chi connectivity index (χ0) is 22.4. The van der Waals surface area contributed by atoms with Crippen molar-refractivity contribution in [1.82, 2.24) is 4.90 Å². The average Bonchev–Trinajstić information content (AvgIpc) is 3.01. The van der Waals surface area contributed by atoms with Crippen LogP contribution in [0.1, 0.15) is 25.0 Å². The molecule has 0 bridgehead atoms. The van der Waals surface area contributed by atoms with Crippen LogP contribution in [0.5, 0.6) is 11.5 Å². The van der Waals surface area contributed by atoms with Crippen molar-refractivity contribution in [3.63, 3.8) is 0 Å². The van der Waals surface area contributed by atoms with E-state index in [1.807, 2.05) is 24.3 Å². The highest BCUT2D eigenvalue weighted by Gasteiger charge is 2.32. The maximum atomic E-state index is 12.6. The Balaban J connectivity index is 1.60. The summed E-state index contributed by atoms with van der Waals surface area (Å²) >= 11 is 6.63. The topological polar surface area (TPSA) is 55.8 Å². The molecule has 1 aliphatic heterocycles. The summed E-state index contributed by atoms with van der Waals surface area (Å²) in [5, 5.41) is 0. The smallest absolute Gasteiger partial charge is 0.336 e. The molecule has 7 heteroatoms. The van der Waals surface area contributed by atoms with Crippen LogP contribution in [0, 0.1) is 5.92 Å². The van der Waals surface area contributed by atoms with Gasteiger partial charge in [0.05, 0.1) is 12.0 Å². The Labute approximate surface area is 191 Å². The normalized spacial score (nSPS) is 15.4. The Bertz CT molecular complexity index is 1020. The molecule has 1 amide bonds. The van der Waals surface area contributed by atoms with E-state index in [4.69, 9.17) is 21.7 Å². The molecule has 0 unspecified atom stereocenters. The molecule has 2 aromatic carbocycles. The molecule has 31 heavy (non-hydrogen) atoms. The lowest BCUT2D eigenvalue weighted by Gasteiger charge is -2.16. The molecule has 1 saturated heterocycles. The first-order valence-corrected chi connectivity index (χ1v) is 11.0. The molecule has 2 aromatic rings. The van der Waals surface area contributed by atoms with E-state index in [9.17, 15) is 9.59 Å². The molecular weight excluding hydrogens is 430 g/mol. The van der Waals surface area contributed by atoms with Gasteiger partial charge in [0.15, 0.2) is 0 Å². The fourth-order valence-electron chi connectivity index (χ4n) is 2.84. The summed E-state index contributed by atoms with van der Waals surface area (Å²) in [6, 6.07) is 14.3. The van der Waals surface area contributed by atoms with E-state index in [0.717, 1.165) is 16.9 Å². The Morgan fingerprint density at radius 2 is 1.68 bits per heavy atom. The lowest BCUT2D eigenvalue weighted by Crippen LogP contribution is -2.31. The maximum Gasteiger partial charge on any atom is 0.336 e. The molecule has 160 valence electrons. The van der Waals surface area contributed by atoms with Gasteiger partial charge in [0.25, 0.3) is 5.91 Å². The number of hydrogen-bond acceptors (Lipinski definition) is 6. The molecule has 5 nitrogen and oxygen atoms in total. The molecule has 0 saturated carbocycles. The molecule has 1 heterocycles. The number of thiocarbonyl (C=S) groups is 1. The van der Waals surface area contributed by atoms with Gasteiger partial charge in [-0.15, -0.1) is 0 Å². The number of thioether (sulfide) groups is 1. The molecule has 0 atom stereocenters. The molecule has 0 radical (unpaired) electrons. The van der Waals surface area contributed by atoms with Crippen LogP contribution in [-0.2, 0) is 9.59 Å². The zero-order valence-corrected chi connectivity index (χ0v) is 19.2. The zero-order valence-electron chi connectivity index (χ0n) is 17.5. The van der Waals surface area contributed by atoms with Crippen molar-refractivity contribution in [3.8, 4) is 11.5 Å². The number of methoxy groups -OCH3 is 1. The van der Waals surface area contributed by atoms with E-state index in [0.29, 0.717) is 27.4 Å². The van der Waals surface area contributed by atoms with Gasteiger partial charge in [0.1, 0.15) is 15.8 Å². The minimum atomic E-state index is -0.474. The molecule has 3 rings (SSSR count). The number of carbonyl (C=O) groups excluding carboxylic acids is 2. The van der Waals surface area contributed by atoms with Crippen molar-refractivity contribution < 1.29 is 19.1 Å². The number of nitrogens with zero attached hydrogens (tertiary/aromatic N) is 1. The number of ether oxygens (including phenoxy) is 2. The highest BCUT2D eigenvalue weighted by Crippen LogP contribution is 2.33. The van der Waals surface area contributed by atoms with E-state index in [-0.39, 0.29) is 5.91 Å². The highest BCUT2D eigenvalue weighted by atomic mass is 32.2. The predicted octanol–water partition coefficient (Wildman–Crippen LogP) is 5.17.